The molecule has 0 saturated heterocycles. The lowest BCUT2D eigenvalue weighted by Gasteiger charge is -2.07. The van der Waals surface area contributed by atoms with Crippen molar-refractivity contribution in [2.45, 2.75) is 25.0 Å². The van der Waals surface area contributed by atoms with E-state index in [0.717, 1.165) is 12.2 Å². The maximum atomic E-state index is 10.4. The van der Waals surface area contributed by atoms with Crippen LogP contribution in [0.15, 0.2) is 24.5 Å². The molecule has 3 nitrogen and oxygen atoms in total. The van der Waals surface area contributed by atoms with Gasteiger partial charge >= 0.3 is 5.97 Å². The lowest BCUT2D eigenvalue weighted by atomic mass is 10.2. The lowest BCUT2D eigenvalue weighted by Crippen LogP contribution is -2.06. The molecule has 1 N–H and O–H groups in total. The maximum Gasteiger partial charge on any atom is 0.304 e. The Bertz CT molecular complexity index is 303. The number of aliphatic carboxylic acids is 1. The van der Waals surface area contributed by atoms with E-state index in [1.54, 1.807) is 24.2 Å². The van der Waals surface area contributed by atoms with Gasteiger partial charge in [0.2, 0.25) is 0 Å². The van der Waals surface area contributed by atoms with Crippen LogP contribution in [0.5, 0.6) is 0 Å². The second-order valence-electron chi connectivity index (χ2n) is 3.38. The topological polar surface area (TPSA) is 50.2 Å². The fourth-order valence-electron chi connectivity index (χ4n) is 1.23. The average Bonchev–Trinajstić information content (AvgIpc) is 2.18. The van der Waals surface area contributed by atoms with Crippen molar-refractivity contribution in [2.75, 3.05) is 5.75 Å². The van der Waals surface area contributed by atoms with Gasteiger partial charge in [-0.05, 0) is 29.9 Å². The standard InChI is InChI=1S/C11H15NO2S/c1-9(8-11(13)14)15-7-4-10-2-5-12-6-3-10/h2-3,5-6,9H,4,7-8H2,1H3,(H,13,14). The Labute approximate surface area is 93.9 Å². The average molecular weight is 225 g/mol. The Morgan fingerprint density at radius 3 is 2.80 bits per heavy atom. The van der Waals surface area contributed by atoms with Gasteiger partial charge in [0.25, 0.3) is 0 Å². The molecule has 15 heavy (non-hydrogen) atoms. The quantitative estimate of drug-likeness (QED) is 0.806. The number of rotatable bonds is 6. The van der Waals surface area contributed by atoms with E-state index in [4.69, 9.17) is 5.11 Å². The van der Waals surface area contributed by atoms with Gasteiger partial charge < -0.3 is 5.11 Å². The molecule has 1 rings (SSSR count). The SMILES string of the molecule is CC(CC(=O)O)SCCc1ccncc1. The van der Waals surface area contributed by atoms with Crippen LogP contribution in [0, 0.1) is 0 Å². The van der Waals surface area contributed by atoms with Gasteiger partial charge in [-0.25, -0.2) is 0 Å². The van der Waals surface area contributed by atoms with E-state index in [1.807, 2.05) is 19.1 Å². The molecular formula is C11H15NO2S. The van der Waals surface area contributed by atoms with Gasteiger partial charge in [-0.1, -0.05) is 6.92 Å². The third-order valence-corrected chi connectivity index (χ3v) is 3.18. The maximum absolute atomic E-state index is 10.4. The van der Waals surface area contributed by atoms with Crippen LogP contribution in [0.4, 0.5) is 0 Å². The van der Waals surface area contributed by atoms with Gasteiger partial charge in [0.05, 0.1) is 6.42 Å². The molecule has 0 aliphatic rings. The lowest BCUT2D eigenvalue weighted by molar-refractivity contribution is -0.136. The number of hydrogen-bond donors (Lipinski definition) is 1. The zero-order valence-corrected chi connectivity index (χ0v) is 9.54. The fourth-order valence-corrected chi connectivity index (χ4v) is 2.25. The largest absolute Gasteiger partial charge is 0.481 e. The van der Waals surface area contributed by atoms with E-state index in [2.05, 4.69) is 4.98 Å². The van der Waals surface area contributed by atoms with E-state index in [-0.39, 0.29) is 11.7 Å². The van der Waals surface area contributed by atoms with Crippen LogP contribution < -0.4 is 0 Å². The summed E-state index contributed by atoms with van der Waals surface area (Å²) < 4.78 is 0. The summed E-state index contributed by atoms with van der Waals surface area (Å²) in [5.74, 6) is 0.234. The molecule has 1 atom stereocenters. The second-order valence-corrected chi connectivity index (χ2v) is 4.93. The van der Waals surface area contributed by atoms with E-state index >= 15 is 0 Å². The number of carbonyl (C=O) groups is 1. The minimum atomic E-state index is -0.723. The van der Waals surface area contributed by atoms with E-state index < -0.39 is 5.97 Å². The number of carboxylic acids is 1. The van der Waals surface area contributed by atoms with Gasteiger partial charge in [0.15, 0.2) is 0 Å². The Balaban J connectivity index is 2.19. The molecule has 1 aromatic rings. The minimum absolute atomic E-state index is 0.185. The molecule has 82 valence electrons. The van der Waals surface area contributed by atoms with Gasteiger partial charge in [-0.3, -0.25) is 9.78 Å². The minimum Gasteiger partial charge on any atom is -0.481 e. The van der Waals surface area contributed by atoms with Crippen molar-refractivity contribution in [3.8, 4) is 0 Å². The first kappa shape index (κ1) is 12.0. The summed E-state index contributed by atoms with van der Waals surface area (Å²) in [6.45, 7) is 1.95. The summed E-state index contributed by atoms with van der Waals surface area (Å²) >= 11 is 1.70. The summed E-state index contributed by atoms with van der Waals surface area (Å²) in [4.78, 5) is 14.4. The number of carboxylic acid groups (broad SMARTS) is 1. The van der Waals surface area contributed by atoms with Gasteiger partial charge in [0, 0.05) is 17.6 Å². The highest BCUT2D eigenvalue weighted by Gasteiger charge is 2.07. The number of aryl methyl sites for hydroxylation is 1. The van der Waals surface area contributed by atoms with E-state index in [1.165, 1.54) is 5.56 Å². The third kappa shape index (κ3) is 5.42. The number of nitrogens with zero attached hydrogens (tertiary/aromatic N) is 1. The first-order valence-electron chi connectivity index (χ1n) is 4.91. The van der Waals surface area contributed by atoms with Gasteiger partial charge in [0.1, 0.15) is 0 Å². The molecule has 1 unspecified atom stereocenters. The van der Waals surface area contributed by atoms with Crippen molar-refractivity contribution in [3.63, 3.8) is 0 Å². The summed E-state index contributed by atoms with van der Waals surface area (Å²) in [5, 5.41) is 8.76. The zero-order chi connectivity index (χ0) is 11.1. The molecule has 0 aliphatic carbocycles. The molecule has 0 fully saturated rings. The normalized spacial score (nSPS) is 12.3. The Morgan fingerprint density at radius 1 is 1.53 bits per heavy atom. The highest BCUT2D eigenvalue weighted by atomic mass is 32.2. The van der Waals surface area contributed by atoms with Crippen molar-refractivity contribution in [1.82, 2.24) is 4.98 Å². The number of thioether (sulfide) groups is 1. The first-order chi connectivity index (χ1) is 7.18. The fraction of sp³-hybridized carbons (Fsp3) is 0.455. The van der Waals surface area contributed by atoms with Crippen LogP contribution in [-0.4, -0.2) is 27.1 Å². The van der Waals surface area contributed by atoms with Crippen molar-refractivity contribution in [2.24, 2.45) is 0 Å². The first-order valence-corrected chi connectivity index (χ1v) is 5.95. The summed E-state index contributed by atoms with van der Waals surface area (Å²) in [5.41, 5.74) is 1.25. The molecule has 0 radical (unpaired) electrons. The smallest absolute Gasteiger partial charge is 0.304 e. The Morgan fingerprint density at radius 2 is 2.20 bits per heavy atom. The second kappa shape index (κ2) is 6.45. The van der Waals surface area contributed by atoms with Gasteiger partial charge in [-0.2, -0.15) is 11.8 Å². The van der Waals surface area contributed by atoms with Crippen LogP contribution in [-0.2, 0) is 11.2 Å². The monoisotopic (exact) mass is 225 g/mol. The zero-order valence-electron chi connectivity index (χ0n) is 8.72. The number of aromatic nitrogens is 1. The molecule has 1 heterocycles. The molecule has 0 amide bonds. The predicted octanol–water partition coefficient (Wildman–Crippen LogP) is 2.22. The predicted molar refractivity (Wildman–Crippen MR) is 62.1 cm³/mol. The molecule has 4 heteroatoms. The molecule has 0 bridgehead atoms. The molecule has 0 spiro atoms. The highest BCUT2D eigenvalue weighted by molar-refractivity contribution is 7.99. The summed E-state index contributed by atoms with van der Waals surface area (Å²) in [6.07, 6.45) is 4.76. The molecule has 0 saturated carbocycles. The van der Waals surface area contributed by atoms with Crippen LogP contribution in [0.3, 0.4) is 0 Å². The molecule has 0 aromatic carbocycles. The van der Waals surface area contributed by atoms with Crippen LogP contribution in [0.2, 0.25) is 0 Å². The Hall–Kier alpha value is -1.03. The van der Waals surface area contributed by atoms with E-state index in [0.29, 0.717) is 0 Å². The highest BCUT2D eigenvalue weighted by Crippen LogP contribution is 2.15. The number of hydrogen-bond acceptors (Lipinski definition) is 3. The van der Waals surface area contributed by atoms with Gasteiger partial charge in [-0.15, -0.1) is 0 Å². The third-order valence-electron chi connectivity index (χ3n) is 2.00. The van der Waals surface area contributed by atoms with Crippen molar-refractivity contribution < 1.29 is 9.90 Å². The summed E-state index contributed by atoms with van der Waals surface area (Å²) in [6, 6.07) is 3.98. The van der Waals surface area contributed by atoms with Crippen LogP contribution in [0.25, 0.3) is 0 Å². The van der Waals surface area contributed by atoms with Crippen LogP contribution >= 0.6 is 11.8 Å². The summed E-state index contributed by atoms with van der Waals surface area (Å²) in [7, 11) is 0. The molecular weight excluding hydrogens is 210 g/mol. The van der Waals surface area contributed by atoms with E-state index in [9.17, 15) is 4.79 Å². The van der Waals surface area contributed by atoms with Crippen molar-refractivity contribution in [1.29, 1.82) is 0 Å². The van der Waals surface area contributed by atoms with Crippen LogP contribution in [0.1, 0.15) is 18.9 Å². The number of pyridine rings is 1. The van der Waals surface area contributed by atoms with Crippen molar-refractivity contribution in [3.05, 3.63) is 30.1 Å². The molecule has 1 aromatic heterocycles. The molecule has 0 aliphatic heterocycles. The Kier molecular flexibility index (Phi) is 5.18. The van der Waals surface area contributed by atoms with Crippen molar-refractivity contribution >= 4 is 17.7 Å².